The van der Waals surface area contributed by atoms with Crippen molar-refractivity contribution in [3.63, 3.8) is 0 Å². The van der Waals surface area contributed by atoms with E-state index < -0.39 is 6.10 Å². The van der Waals surface area contributed by atoms with Crippen LogP contribution in [0.2, 0.25) is 0 Å². The third kappa shape index (κ3) is 4.01. The van der Waals surface area contributed by atoms with Gasteiger partial charge in [0, 0.05) is 19.6 Å². The van der Waals surface area contributed by atoms with E-state index in [-0.39, 0.29) is 11.4 Å². The van der Waals surface area contributed by atoms with E-state index in [2.05, 4.69) is 52.7 Å². The molecule has 1 unspecified atom stereocenters. The van der Waals surface area contributed by atoms with Crippen molar-refractivity contribution in [2.24, 2.45) is 0 Å². The van der Waals surface area contributed by atoms with Crippen LogP contribution in [0.25, 0.3) is 11.1 Å². The van der Waals surface area contributed by atoms with Crippen LogP contribution in [0.4, 0.5) is 0 Å². The summed E-state index contributed by atoms with van der Waals surface area (Å²) < 4.78 is 0. The number of β-amino-alcohol motifs (C(OH)–C–C–N with tert-alkyl or cyclic N) is 1. The average Bonchev–Trinajstić information content (AvgIpc) is 2.81. The fourth-order valence-corrected chi connectivity index (χ4v) is 5.08. The van der Waals surface area contributed by atoms with Gasteiger partial charge in [-0.15, -0.1) is 0 Å². The predicted octanol–water partition coefficient (Wildman–Crippen LogP) is 4.05. The maximum Gasteiger partial charge on any atom is 0.225 e. The summed E-state index contributed by atoms with van der Waals surface area (Å²) in [5.74, 6) is 0.116. The van der Waals surface area contributed by atoms with Crippen molar-refractivity contribution in [1.29, 1.82) is 0 Å². The number of hydrogen-bond acceptors (Lipinski definition) is 3. The number of amides is 1. The summed E-state index contributed by atoms with van der Waals surface area (Å²) in [5.41, 5.74) is 5.44. The number of benzene rings is 3. The zero-order chi connectivity index (χ0) is 21.3. The first kappa shape index (κ1) is 20.0. The molecule has 4 heteroatoms. The van der Waals surface area contributed by atoms with E-state index in [9.17, 15) is 9.90 Å². The second kappa shape index (κ2) is 8.29. The van der Waals surface area contributed by atoms with Gasteiger partial charge in [0.15, 0.2) is 0 Å². The summed E-state index contributed by atoms with van der Waals surface area (Å²) in [6.07, 6.45) is 1.69. The van der Waals surface area contributed by atoms with Crippen molar-refractivity contribution in [2.45, 2.75) is 30.9 Å². The third-order valence-corrected chi connectivity index (χ3v) is 6.81. The number of rotatable bonds is 4. The van der Waals surface area contributed by atoms with Gasteiger partial charge >= 0.3 is 0 Å². The molecule has 2 heterocycles. The number of nitrogens with one attached hydrogen (secondary N) is 1. The quantitative estimate of drug-likeness (QED) is 0.680. The van der Waals surface area contributed by atoms with Gasteiger partial charge < -0.3 is 15.3 Å². The Hall–Kier alpha value is -2.95. The van der Waals surface area contributed by atoms with Crippen LogP contribution in [0.5, 0.6) is 0 Å². The second-order valence-corrected chi connectivity index (χ2v) is 8.77. The molecule has 2 aliphatic rings. The Labute approximate surface area is 183 Å². The fraction of sp³-hybridized carbons (Fsp3) is 0.296. The zero-order valence-corrected chi connectivity index (χ0v) is 17.6. The standard InChI is InChI=1S/C27H28N2O2/c30-25(22-12-10-21(11-13-22)20-6-2-1-3-7-20)19-29-16-14-27(15-17-29)24-9-5-4-8-23(24)18-26(31)28-27/h1-13,25,30H,14-19H2,(H,28,31). The molecule has 0 radical (unpaired) electrons. The van der Waals surface area contributed by atoms with Gasteiger partial charge in [-0.3, -0.25) is 4.79 Å². The molecule has 3 aromatic carbocycles. The van der Waals surface area contributed by atoms with E-state index in [1.165, 1.54) is 11.1 Å². The van der Waals surface area contributed by atoms with Crippen molar-refractivity contribution < 1.29 is 9.90 Å². The highest BCUT2D eigenvalue weighted by Gasteiger charge is 2.41. The average molecular weight is 413 g/mol. The highest BCUT2D eigenvalue weighted by Crippen LogP contribution is 2.38. The minimum atomic E-state index is -0.521. The molecule has 2 aliphatic heterocycles. The maximum atomic E-state index is 12.3. The SMILES string of the molecule is O=C1Cc2ccccc2C2(CCN(CC(O)c3ccc(-c4ccccc4)cc3)CC2)N1. The van der Waals surface area contributed by atoms with E-state index in [1.54, 1.807) is 0 Å². The summed E-state index contributed by atoms with van der Waals surface area (Å²) in [5, 5.41) is 14.1. The van der Waals surface area contributed by atoms with E-state index in [0.717, 1.165) is 42.6 Å². The first-order chi connectivity index (χ1) is 15.1. The van der Waals surface area contributed by atoms with Gasteiger partial charge in [-0.1, -0.05) is 78.9 Å². The first-order valence-electron chi connectivity index (χ1n) is 11.1. The van der Waals surface area contributed by atoms with E-state index >= 15 is 0 Å². The number of hydrogen-bond donors (Lipinski definition) is 2. The molecule has 0 bridgehead atoms. The molecule has 4 nitrogen and oxygen atoms in total. The maximum absolute atomic E-state index is 12.3. The third-order valence-electron chi connectivity index (χ3n) is 6.81. The molecule has 0 aromatic heterocycles. The Morgan fingerprint density at radius 3 is 2.26 bits per heavy atom. The number of carbonyl (C=O) groups excluding carboxylic acids is 1. The molecule has 2 N–H and O–H groups in total. The van der Waals surface area contributed by atoms with Crippen LogP contribution >= 0.6 is 0 Å². The zero-order valence-electron chi connectivity index (χ0n) is 17.6. The molecular weight excluding hydrogens is 384 g/mol. The summed E-state index contributed by atoms with van der Waals surface area (Å²) >= 11 is 0. The lowest BCUT2D eigenvalue weighted by molar-refractivity contribution is -0.124. The predicted molar refractivity (Wildman–Crippen MR) is 122 cm³/mol. The highest BCUT2D eigenvalue weighted by molar-refractivity contribution is 5.82. The molecule has 3 aromatic rings. The van der Waals surface area contributed by atoms with E-state index in [4.69, 9.17) is 0 Å². The Bertz CT molecular complexity index is 1050. The summed E-state index contributed by atoms with van der Waals surface area (Å²) in [7, 11) is 0. The molecule has 5 rings (SSSR count). The molecule has 1 fully saturated rings. The van der Waals surface area contributed by atoms with Gasteiger partial charge in [0.2, 0.25) is 5.91 Å². The molecule has 1 amide bonds. The molecule has 0 saturated carbocycles. The lowest BCUT2D eigenvalue weighted by atomic mass is 9.75. The van der Waals surface area contributed by atoms with Crippen LogP contribution in [0.1, 0.15) is 35.6 Å². The number of aliphatic hydroxyl groups excluding tert-OH is 1. The van der Waals surface area contributed by atoms with Gasteiger partial charge in [-0.25, -0.2) is 0 Å². The van der Waals surface area contributed by atoms with Gasteiger partial charge in [0.1, 0.15) is 0 Å². The number of fused-ring (bicyclic) bond motifs is 2. The molecule has 1 atom stereocenters. The van der Waals surface area contributed by atoms with Crippen LogP contribution in [0.15, 0.2) is 78.9 Å². The number of nitrogens with zero attached hydrogens (tertiary/aromatic N) is 1. The largest absolute Gasteiger partial charge is 0.387 e. The van der Waals surface area contributed by atoms with Crippen LogP contribution in [0.3, 0.4) is 0 Å². The van der Waals surface area contributed by atoms with Gasteiger partial charge in [-0.2, -0.15) is 0 Å². The Kier molecular flexibility index (Phi) is 5.34. The van der Waals surface area contributed by atoms with Crippen molar-refractivity contribution in [1.82, 2.24) is 10.2 Å². The summed E-state index contributed by atoms with van der Waals surface area (Å²) in [6, 6.07) is 26.8. The normalized spacial score (nSPS) is 18.9. The van der Waals surface area contributed by atoms with Gasteiger partial charge in [-0.05, 0) is 40.7 Å². The number of likely N-dealkylation sites (tertiary alicyclic amines) is 1. The molecule has 158 valence electrons. The number of piperidine rings is 1. The van der Waals surface area contributed by atoms with Crippen molar-refractivity contribution in [2.75, 3.05) is 19.6 Å². The van der Waals surface area contributed by atoms with Crippen LogP contribution < -0.4 is 5.32 Å². The lowest BCUT2D eigenvalue weighted by Crippen LogP contribution is -2.56. The Balaban J connectivity index is 1.24. The molecule has 0 aliphatic carbocycles. The second-order valence-electron chi connectivity index (χ2n) is 8.77. The first-order valence-corrected chi connectivity index (χ1v) is 11.1. The van der Waals surface area contributed by atoms with Gasteiger partial charge in [0.25, 0.3) is 0 Å². The number of carbonyl (C=O) groups is 1. The molecular formula is C27H28N2O2. The Morgan fingerprint density at radius 1 is 0.871 bits per heavy atom. The minimum absolute atomic E-state index is 0.116. The van der Waals surface area contributed by atoms with Crippen molar-refractivity contribution >= 4 is 5.91 Å². The van der Waals surface area contributed by atoms with Crippen molar-refractivity contribution in [3.05, 3.63) is 95.6 Å². The molecule has 31 heavy (non-hydrogen) atoms. The minimum Gasteiger partial charge on any atom is -0.387 e. The number of aliphatic hydroxyl groups is 1. The summed E-state index contributed by atoms with van der Waals surface area (Å²) in [6.45, 7) is 2.32. The van der Waals surface area contributed by atoms with E-state index in [1.807, 2.05) is 36.4 Å². The van der Waals surface area contributed by atoms with Crippen LogP contribution in [-0.4, -0.2) is 35.5 Å². The smallest absolute Gasteiger partial charge is 0.225 e. The van der Waals surface area contributed by atoms with Crippen molar-refractivity contribution in [3.8, 4) is 11.1 Å². The fourth-order valence-electron chi connectivity index (χ4n) is 5.08. The van der Waals surface area contributed by atoms with Gasteiger partial charge in [0.05, 0.1) is 18.1 Å². The molecule has 1 spiro atoms. The summed E-state index contributed by atoms with van der Waals surface area (Å²) in [4.78, 5) is 14.6. The van der Waals surface area contributed by atoms with E-state index in [0.29, 0.717) is 13.0 Å². The lowest BCUT2D eigenvalue weighted by Gasteiger charge is -2.46. The highest BCUT2D eigenvalue weighted by atomic mass is 16.3. The van der Waals surface area contributed by atoms with Crippen LogP contribution in [-0.2, 0) is 16.8 Å². The Morgan fingerprint density at radius 2 is 1.52 bits per heavy atom. The monoisotopic (exact) mass is 412 g/mol. The topological polar surface area (TPSA) is 52.6 Å². The van der Waals surface area contributed by atoms with Crippen LogP contribution in [0, 0.1) is 0 Å². The molecule has 1 saturated heterocycles.